The maximum atomic E-state index is 14.6. The minimum absolute atomic E-state index is 0.0488. The molecule has 1 heterocycles. The first-order chi connectivity index (χ1) is 24.0. The number of ether oxygens (including phenoxy) is 2. The molecule has 5 rings (SSSR count). The first kappa shape index (κ1) is 24.7. The first-order valence-corrected chi connectivity index (χ1v) is 14.3. The zero-order valence-electron chi connectivity index (χ0n) is 30.2. The molecule has 1 saturated heterocycles. The zero-order valence-corrected chi connectivity index (χ0v) is 24.2. The quantitative estimate of drug-likeness (QED) is 0.152. The summed E-state index contributed by atoms with van der Waals surface area (Å²) in [6.07, 6.45) is -0.721. The van der Waals surface area contributed by atoms with Gasteiger partial charge in [0.1, 0.15) is 17.2 Å². The highest BCUT2D eigenvalue weighted by atomic mass is 19.2. The highest BCUT2D eigenvalue weighted by Crippen LogP contribution is 2.43. The molecule has 4 aromatic rings. The van der Waals surface area contributed by atoms with Crippen LogP contribution in [0.2, 0.25) is 0 Å². The van der Waals surface area contributed by atoms with Gasteiger partial charge in [0.2, 0.25) is 5.91 Å². The van der Waals surface area contributed by atoms with Gasteiger partial charge in [-0.25, -0.2) is 18.0 Å². The molecule has 0 saturated carbocycles. The molecule has 1 aliphatic rings. The topological polar surface area (TPSA) is 59.1 Å². The molecule has 0 unspecified atom stereocenters. The Morgan fingerprint density at radius 1 is 0.933 bits per heavy atom. The van der Waals surface area contributed by atoms with Crippen molar-refractivity contribution in [2.24, 2.45) is 5.92 Å². The minimum Gasteiger partial charge on any atom is -0.497 e. The number of hydrogen-bond acceptors (Lipinski definition) is 5. The van der Waals surface area contributed by atoms with Crippen molar-refractivity contribution in [2.45, 2.75) is 25.0 Å². The molecule has 0 radical (unpaired) electrons. The maximum Gasteiger partial charge on any atom is 0.339 e. The number of methoxy groups -OCH3 is 1. The van der Waals surface area contributed by atoms with Crippen molar-refractivity contribution in [2.75, 3.05) is 33.6 Å². The summed E-state index contributed by atoms with van der Waals surface area (Å²) < 4.78 is 102. The standard InChI is InChI=1S/C36H35F3N2O4/c1-40(22-25-10-5-3-6-11-25)23-29-24-41(34(42)19-27-18-32(38)33(39)21-31(27)37)17-16-36(29,28-14-9-15-30(20-28)44-2)45-35(43)26-12-7-4-8-13-26/h3-15,18,20-21,29H,16-17,19,22-24H2,1-2H3/t29-,36-/m1/s1/i1D3,2D3. The molecule has 6 nitrogen and oxygen atoms in total. The molecule has 1 fully saturated rings. The smallest absolute Gasteiger partial charge is 0.339 e. The Bertz CT molecular complexity index is 1850. The van der Waals surface area contributed by atoms with Crippen LogP contribution >= 0.6 is 0 Å². The lowest BCUT2D eigenvalue weighted by Crippen LogP contribution is -2.56. The SMILES string of the molecule is [2H]C([2H])([2H])Oc1cccc([C@]2(OC(=O)c3ccccc3)CCN(C(=O)Cc3cc(F)c(F)cc3F)C[C@H]2CN(Cc2ccccc2)C([2H])([2H])[2H])c1. The van der Waals surface area contributed by atoms with Crippen LogP contribution in [0.5, 0.6) is 5.75 Å². The number of carbonyl (C=O) groups is 2. The normalized spacial score (nSPS) is 20.6. The van der Waals surface area contributed by atoms with Crippen molar-refractivity contribution < 1.29 is 40.5 Å². The van der Waals surface area contributed by atoms with Gasteiger partial charge in [-0.3, -0.25) is 4.79 Å². The lowest BCUT2D eigenvalue weighted by molar-refractivity contribution is -0.142. The molecular weight excluding hydrogens is 581 g/mol. The van der Waals surface area contributed by atoms with Crippen LogP contribution in [-0.4, -0.2) is 55.3 Å². The van der Waals surface area contributed by atoms with Crippen LogP contribution in [0.1, 0.15) is 41.7 Å². The fourth-order valence-electron chi connectivity index (χ4n) is 5.74. The fraction of sp³-hybridized carbons (Fsp3) is 0.278. The molecule has 2 atom stereocenters. The molecule has 234 valence electrons. The van der Waals surface area contributed by atoms with Gasteiger partial charge in [-0.2, -0.15) is 0 Å². The van der Waals surface area contributed by atoms with E-state index in [1.54, 1.807) is 66.7 Å². The van der Waals surface area contributed by atoms with Gasteiger partial charge in [-0.1, -0.05) is 60.7 Å². The van der Waals surface area contributed by atoms with E-state index in [0.29, 0.717) is 23.3 Å². The second-order valence-electron chi connectivity index (χ2n) is 11.0. The molecule has 0 aromatic heterocycles. The Morgan fingerprint density at radius 2 is 1.67 bits per heavy atom. The Kier molecular flexibility index (Phi) is 7.67. The number of likely N-dealkylation sites (tertiary alicyclic amines) is 1. The number of benzene rings is 4. The molecule has 4 aromatic carbocycles. The van der Waals surface area contributed by atoms with Crippen molar-refractivity contribution in [1.82, 2.24) is 9.80 Å². The summed E-state index contributed by atoms with van der Waals surface area (Å²) in [6.45, 7) is -3.27. The number of nitrogens with zero attached hydrogens (tertiary/aromatic N) is 2. The average molecular weight is 623 g/mol. The Hall–Kier alpha value is -4.63. The van der Waals surface area contributed by atoms with E-state index in [0.717, 1.165) is 0 Å². The summed E-state index contributed by atoms with van der Waals surface area (Å²) in [5.41, 5.74) is -0.862. The van der Waals surface area contributed by atoms with Crippen LogP contribution in [-0.2, 0) is 28.1 Å². The van der Waals surface area contributed by atoms with Gasteiger partial charge in [0.25, 0.3) is 0 Å². The van der Waals surface area contributed by atoms with Crippen molar-refractivity contribution >= 4 is 11.9 Å². The largest absolute Gasteiger partial charge is 0.497 e. The van der Waals surface area contributed by atoms with Crippen LogP contribution in [0.3, 0.4) is 0 Å². The van der Waals surface area contributed by atoms with Gasteiger partial charge < -0.3 is 19.3 Å². The second-order valence-corrected chi connectivity index (χ2v) is 11.0. The number of piperidine rings is 1. The van der Waals surface area contributed by atoms with Crippen LogP contribution < -0.4 is 4.74 Å². The van der Waals surface area contributed by atoms with E-state index in [1.807, 2.05) is 0 Å². The molecule has 0 bridgehead atoms. The summed E-state index contributed by atoms with van der Waals surface area (Å²) >= 11 is 0. The van der Waals surface area contributed by atoms with Crippen molar-refractivity contribution in [3.63, 3.8) is 0 Å². The van der Waals surface area contributed by atoms with Crippen LogP contribution in [0.4, 0.5) is 13.2 Å². The molecule has 45 heavy (non-hydrogen) atoms. The molecular formula is C36H35F3N2O4. The summed E-state index contributed by atoms with van der Waals surface area (Å²) in [6, 6.07) is 23.8. The predicted octanol–water partition coefficient (Wildman–Crippen LogP) is 6.39. The Balaban J connectivity index is 1.60. The number of esters is 1. The van der Waals surface area contributed by atoms with E-state index in [2.05, 4.69) is 0 Å². The summed E-state index contributed by atoms with van der Waals surface area (Å²) in [5.74, 6) is -6.29. The molecule has 1 aliphatic heterocycles. The molecule has 9 heteroatoms. The first-order valence-electron chi connectivity index (χ1n) is 17.3. The van der Waals surface area contributed by atoms with E-state index in [4.69, 9.17) is 17.7 Å². The zero-order chi connectivity index (χ0) is 37.0. The summed E-state index contributed by atoms with van der Waals surface area (Å²) in [4.78, 5) is 30.0. The number of hydrogen-bond donors (Lipinski definition) is 0. The minimum atomic E-state index is -2.81. The second kappa shape index (κ2) is 14.0. The molecule has 1 amide bonds. The third kappa shape index (κ3) is 7.37. The van der Waals surface area contributed by atoms with Crippen molar-refractivity contribution in [3.05, 3.63) is 137 Å². The fourth-order valence-corrected chi connectivity index (χ4v) is 5.74. The van der Waals surface area contributed by atoms with Crippen LogP contribution in [0.25, 0.3) is 0 Å². The van der Waals surface area contributed by atoms with Gasteiger partial charge >= 0.3 is 5.97 Å². The summed E-state index contributed by atoms with van der Waals surface area (Å²) in [7, 11) is -2.81. The monoisotopic (exact) mass is 622 g/mol. The van der Waals surface area contributed by atoms with Gasteiger partial charge in [-0.15, -0.1) is 0 Å². The molecule has 0 aliphatic carbocycles. The third-order valence-corrected chi connectivity index (χ3v) is 8.02. The maximum absolute atomic E-state index is 14.6. The van der Waals surface area contributed by atoms with Gasteiger partial charge in [0, 0.05) is 54.3 Å². The van der Waals surface area contributed by atoms with E-state index >= 15 is 0 Å². The number of carbonyl (C=O) groups excluding carboxylic acids is 2. The molecule has 0 spiro atoms. The van der Waals surface area contributed by atoms with E-state index < -0.39 is 61.3 Å². The summed E-state index contributed by atoms with van der Waals surface area (Å²) in [5, 5.41) is 0. The predicted molar refractivity (Wildman–Crippen MR) is 164 cm³/mol. The van der Waals surface area contributed by atoms with Gasteiger partial charge in [0.05, 0.1) is 23.1 Å². The number of halogens is 3. The van der Waals surface area contributed by atoms with Gasteiger partial charge in [0.15, 0.2) is 11.6 Å². The van der Waals surface area contributed by atoms with Crippen molar-refractivity contribution in [3.8, 4) is 5.75 Å². The third-order valence-electron chi connectivity index (χ3n) is 8.02. The Labute approximate surface area is 269 Å². The van der Waals surface area contributed by atoms with Crippen LogP contribution in [0.15, 0.2) is 97.1 Å². The highest BCUT2D eigenvalue weighted by Gasteiger charge is 2.49. The average Bonchev–Trinajstić information content (AvgIpc) is 3.07. The van der Waals surface area contributed by atoms with Gasteiger partial charge in [-0.05, 0) is 48.4 Å². The van der Waals surface area contributed by atoms with Crippen LogP contribution in [0, 0.1) is 23.4 Å². The van der Waals surface area contributed by atoms with E-state index in [9.17, 15) is 22.8 Å². The number of amides is 1. The van der Waals surface area contributed by atoms with E-state index in [1.165, 1.54) is 28.0 Å². The lowest BCUT2D eigenvalue weighted by atomic mass is 9.75. The number of rotatable bonds is 10. The lowest BCUT2D eigenvalue weighted by Gasteiger charge is -2.48. The molecule has 0 N–H and O–H groups in total. The van der Waals surface area contributed by atoms with E-state index in [-0.39, 0.29) is 49.5 Å². The Morgan fingerprint density at radius 3 is 2.40 bits per heavy atom. The van der Waals surface area contributed by atoms with Crippen molar-refractivity contribution in [1.29, 1.82) is 0 Å². The highest BCUT2D eigenvalue weighted by molar-refractivity contribution is 5.89.